The largest absolute Gasteiger partial charge is 0.326 e. The molecule has 5 nitrogen and oxygen atoms in total. The minimum Gasteiger partial charge on any atom is -0.326 e. The van der Waals surface area contributed by atoms with Gasteiger partial charge >= 0.3 is 0 Å². The summed E-state index contributed by atoms with van der Waals surface area (Å²) in [7, 11) is 0. The summed E-state index contributed by atoms with van der Waals surface area (Å²) in [6.45, 7) is 2.30. The SMILES string of the molecule is CCc1cccc(NC(=O)CCCN2C(=O)c3ccccc3C2=O)c1. The minimum atomic E-state index is -0.281. The third kappa shape index (κ3) is 3.60. The zero-order valence-electron chi connectivity index (χ0n) is 14.1. The van der Waals surface area contributed by atoms with Crippen molar-refractivity contribution in [2.45, 2.75) is 26.2 Å². The summed E-state index contributed by atoms with van der Waals surface area (Å²) < 4.78 is 0. The number of nitrogens with zero attached hydrogens (tertiary/aromatic N) is 1. The number of carbonyl (C=O) groups is 3. The number of nitrogens with one attached hydrogen (secondary N) is 1. The van der Waals surface area contributed by atoms with Gasteiger partial charge in [-0.05, 0) is 42.7 Å². The monoisotopic (exact) mass is 336 g/mol. The maximum absolute atomic E-state index is 12.2. The second kappa shape index (κ2) is 7.30. The Hall–Kier alpha value is -2.95. The molecule has 1 heterocycles. The van der Waals surface area contributed by atoms with Crippen LogP contribution in [-0.4, -0.2) is 29.2 Å². The van der Waals surface area contributed by atoms with Gasteiger partial charge in [-0.3, -0.25) is 19.3 Å². The zero-order valence-corrected chi connectivity index (χ0v) is 14.1. The van der Waals surface area contributed by atoms with Crippen molar-refractivity contribution in [1.82, 2.24) is 4.90 Å². The van der Waals surface area contributed by atoms with Crippen molar-refractivity contribution in [1.29, 1.82) is 0 Å². The van der Waals surface area contributed by atoms with E-state index in [0.717, 1.165) is 17.7 Å². The summed E-state index contributed by atoms with van der Waals surface area (Å²) in [5.74, 6) is -0.682. The highest BCUT2D eigenvalue weighted by Crippen LogP contribution is 2.22. The predicted octanol–water partition coefficient (Wildman–Crippen LogP) is 3.26. The Kier molecular flexibility index (Phi) is 4.93. The van der Waals surface area contributed by atoms with E-state index in [1.54, 1.807) is 24.3 Å². The Morgan fingerprint density at radius 3 is 2.32 bits per heavy atom. The molecule has 0 radical (unpaired) electrons. The van der Waals surface area contributed by atoms with Gasteiger partial charge in [0.1, 0.15) is 0 Å². The Balaban J connectivity index is 1.52. The van der Waals surface area contributed by atoms with Crippen molar-refractivity contribution in [3.05, 3.63) is 65.2 Å². The molecule has 0 atom stereocenters. The summed E-state index contributed by atoms with van der Waals surface area (Å²) in [5, 5.41) is 2.85. The number of rotatable bonds is 6. The second-order valence-corrected chi connectivity index (χ2v) is 6.01. The van der Waals surface area contributed by atoms with Gasteiger partial charge < -0.3 is 5.32 Å². The van der Waals surface area contributed by atoms with Gasteiger partial charge in [-0.15, -0.1) is 0 Å². The first kappa shape index (κ1) is 16.9. The smallest absolute Gasteiger partial charge is 0.261 e. The molecule has 1 aliphatic rings. The third-order valence-corrected chi connectivity index (χ3v) is 4.28. The van der Waals surface area contributed by atoms with Crippen LogP contribution in [0, 0.1) is 0 Å². The van der Waals surface area contributed by atoms with Crippen LogP contribution in [0.15, 0.2) is 48.5 Å². The van der Waals surface area contributed by atoms with Gasteiger partial charge in [0.05, 0.1) is 11.1 Å². The average molecular weight is 336 g/mol. The predicted molar refractivity (Wildman–Crippen MR) is 95.5 cm³/mol. The molecule has 2 aromatic rings. The van der Waals surface area contributed by atoms with Crippen molar-refractivity contribution < 1.29 is 14.4 Å². The molecular formula is C20H20N2O3. The number of aryl methyl sites for hydroxylation is 1. The summed E-state index contributed by atoms with van der Waals surface area (Å²) in [5.41, 5.74) is 2.80. The van der Waals surface area contributed by atoms with E-state index in [1.165, 1.54) is 4.90 Å². The number of benzene rings is 2. The molecule has 0 saturated carbocycles. The standard InChI is InChI=1S/C20H20N2O3/c1-2-14-7-5-8-15(13-14)21-18(23)11-6-12-22-19(24)16-9-3-4-10-17(16)20(22)25/h3-5,7-10,13H,2,6,11-12H2,1H3,(H,21,23). The molecule has 2 aromatic carbocycles. The average Bonchev–Trinajstić information content (AvgIpc) is 2.87. The Bertz CT molecular complexity index is 794. The molecule has 3 rings (SSSR count). The molecule has 25 heavy (non-hydrogen) atoms. The van der Waals surface area contributed by atoms with Gasteiger partial charge in [0.2, 0.25) is 5.91 Å². The molecule has 3 amide bonds. The molecule has 5 heteroatoms. The number of amides is 3. The Morgan fingerprint density at radius 2 is 1.68 bits per heavy atom. The van der Waals surface area contributed by atoms with Crippen LogP contribution in [0.1, 0.15) is 46.0 Å². The van der Waals surface area contributed by atoms with E-state index >= 15 is 0 Å². The lowest BCUT2D eigenvalue weighted by Crippen LogP contribution is -2.31. The highest BCUT2D eigenvalue weighted by molar-refractivity contribution is 6.21. The first-order valence-corrected chi connectivity index (χ1v) is 8.44. The maximum atomic E-state index is 12.2. The molecular weight excluding hydrogens is 316 g/mol. The van der Waals surface area contributed by atoms with Crippen LogP contribution in [0.5, 0.6) is 0 Å². The Labute approximate surface area is 146 Å². The van der Waals surface area contributed by atoms with Crippen LogP contribution in [-0.2, 0) is 11.2 Å². The van der Waals surface area contributed by atoms with Crippen molar-refractivity contribution in [3.8, 4) is 0 Å². The molecule has 0 unspecified atom stereocenters. The fraction of sp³-hybridized carbons (Fsp3) is 0.250. The van der Waals surface area contributed by atoms with E-state index in [9.17, 15) is 14.4 Å². The lowest BCUT2D eigenvalue weighted by atomic mass is 10.1. The molecule has 0 spiro atoms. The molecule has 1 N–H and O–H groups in total. The van der Waals surface area contributed by atoms with Gasteiger partial charge in [0.15, 0.2) is 0 Å². The highest BCUT2D eigenvalue weighted by Gasteiger charge is 2.34. The molecule has 0 fully saturated rings. The van der Waals surface area contributed by atoms with E-state index in [4.69, 9.17) is 0 Å². The van der Waals surface area contributed by atoms with Crippen LogP contribution < -0.4 is 5.32 Å². The quantitative estimate of drug-likeness (QED) is 0.823. The van der Waals surface area contributed by atoms with E-state index in [0.29, 0.717) is 17.5 Å². The molecule has 1 aliphatic heterocycles. The number of imide groups is 1. The van der Waals surface area contributed by atoms with Crippen LogP contribution in [0.2, 0.25) is 0 Å². The summed E-state index contributed by atoms with van der Waals surface area (Å²) in [6.07, 6.45) is 1.60. The van der Waals surface area contributed by atoms with E-state index in [1.807, 2.05) is 24.3 Å². The fourth-order valence-corrected chi connectivity index (χ4v) is 2.93. The number of hydrogen-bond acceptors (Lipinski definition) is 3. The lowest BCUT2D eigenvalue weighted by molar-refractivity contribution is -0.116. The molecule has 128 valence electrons. The van der Waals surface area contributed by atoms with Crippen molar-refractivity contribution >= 4 is 23.4 Å². The zero-order chi connectivity index (χ0) is 17.8. The van der Waals surface area contributed by atoms with Gasteiger partial charge in [0, 0.05) is 18.7 Å². The highest BCUT2D eigenvalue weighted by atomic mass is 16.2. The van der Waals surface area contributed by atoms with Crippen LogP contribution in [0.4, 0.5) is 5.69 Å². The molecule has 0 aliphatic carbocycles. The minimum absolute atomic E-state index is 0.120. The lowest BCUT2D eigenvalue weighted by Gasteiger charge is -2.13. The van der Waals surface area contributed by atoms with Crippen LogP contribution in [0.3, 0.4) is 0 Å². The van der Waals surface area contributed by atoms with Crippen molar-refractivity contribution in [2.75, 3.05) is 11.9 Å². The van der Waals surface area contributed by atoms with Gasteiger partial charge in [-0.25, -0.2) is 0 Å². The van der Waals surface area contributed by atoms with Crippen LogP contribution in [0.25, 0.3) is 0 Å². The first-order valence-electron chi connectivity index (χ1n) is 8.44. The Morgan fingerprint density at radius 1 is 1.00 bits per heavy atom. The summed E-state index contributed by atoms with van der Waals surface area (Å²) in [6, 6.07) is 14.5. The number of fused-ring (bicyclic) bond motifs is 1. The topological polar surface area (TPSA) is 66.5 Å². The van der Waals surface area contributed by atoms with Gasteiger partial charge in [0.25, 0.3) is 11.8 Å². The molecule has 0 saturated heterocycles. The first-order chi connectivity index (χ1) is 12.1. The van der Waals surface area contributed by atoms with E-state index in [2.05, 4.69) is 12.2 Å². The number of anilines is 1. The molecule has 0 aromatic heterocycles. The van der Waals surface area contributed by atoms with Gasteiger partial charge in [-0.2, -0.15) is 0 Å². The second-order valence-electron chi connectivity index (χ2n) is 6.01. The van der Waals surface area contributed by atoms with Crippen LogP contribution >= 0.6 is 0 Å². The van der Waals surface area contributed by atoms with Crippen molar-refractivity contribution in [2.24, 2.45) is 0 Å². The summed E-state index contributed by atoms with van der Waals surface area (Å²) >= 11 is 0. The fourth-order valence-electron chi connectivity index (χ4n) is 2.93. The summed E-state index contributed by atoms with van der Waals surface area (Å²) in [4.78, 5) is 37.8. The number of hydrogen-bond donors (Lipinski definition) is 1. The maximum Gasteiger partial charge on any atom is 0.261 e. The van der Waals surface area contributed by atoms with Crippen molar-refractivity contribution in [3.63, 3.8) is 0 Å². The van der Waals surface area contributed by atoms with Gasteiger partial charge in [-0.1, -0.05) is 31.2 Å². The normalized spacial score (nSPS) is 13.1. The van der Waals surface area contributed by atoms with E-state index in [-0.39, 0.29) is 30.7 Å². The molecule has 0 bridgehead atoms. The third-order valence-electron chi connectivity index (χ3n) is 4.28. The van der Waals surface area contributed by atoms with E-state index < -0.39 is 0 Å². The number of carbonyl (C=O) groups excluding carboxylic acids is 3.